The second-order valence-corrected chi connectivity index (χ2v) is 7.19. The van der Waals surface area contributed by atoms with E-state index < -0.39 is 16.5 Å². The number of nitrogens with one attached hydrogen (secondary N) is 1. The van der Waals surface area contributed by atoms with Crippen LogP contribution in [0.25, 0.3) is 11.5 Å². The molecule has 150 valence electrons. The number of hydrogen-bond acceptors (Lipinski definition) is 7. The maximum absolute atomic E-state index is 13.2. The van der Waals surface area contributed by atoms with Crippen LogP contribution in [0, 0.1) is 10.1 Å². The topological polar surface area (TPSA) is 131 Å². The van der Waals surface area contributed by atoms with Crippen LogP contribution in [0.5, 0.6) is 0 Å². The Morgan fingerprint density at radius 1 is 1.13 bits per heavy atom. The summed E-state index contributed by atoms with van der Waals surface area (Å²) in [6, 6.07) is 12.7. The first-order chi connectivity index (χ1) is 14.5. The summed E-state index contributed by atoms with van der Waals surface area (Å²) in [7, 11) is 0. The quantitative estimate of drug-likeness (QED) is 0.401. The van der Waals surface area contributed by atoms with E-state index in [0.717, 1.165) is 16.0 Å². The van der Waals surface area contributed by atoms with Crippen molar-refractivity contribution in [3.63, 3.8) is 0 Å². The van der Waals surface area contributed by atoms with Gasteiger partial charge < -0.3 is 9.73 Å². The maximum Gasteiger partial charge on any atom is 0.325 e. The van der Waals surface area contributed by atoms with Crippen LogP contribution in [-0.4, -0.2) is 32.0 Å². The average molecular weight is 405 g/mol. The van der Waals surface area contributed by atoms with Crippen LogP contribution in [0.3, 0.4) is 0 Å². The van der Waals surface area contributed by atoms with Gasteiger partial charge in [0.1, 0.15) is 12.1 Å². The van der Waals surface area contributed by atoms with Gasteiger partial charge in [-0.15, -0.1) is 10.2 Å². The van der Waals surface area contributed by atoms with Gasteiger partial charge >= 0.3 is 6.03 Å². The fraction of sp³-hybridized carbons (Fsp3) is 0.200. The predicted molar refractivity (Wildman–Crippen MR) is 102 cm³/mol. The highest BCUT2D eigenvalue weighted by Gasteiger charge is 2.55. The molecule has 1 atom stereocenters. The van der Waals surface area contributed by atoms with Crippen molar-refractivity contribution in [2.75, 3.05) is 0 Å². The Hall–Kier alpha value is -4.08. The lowest BCUT2D eigenvalue weighted by Gasteiger charge is -2.21. The third-order valence-corrected chi connectivity index (χ3v) is 5.51. The van der Waals surface area contributed by atoms with Crippen molar-refractivity contribution in [3.05, 3.63) is 75.7 Å². The van der Waals surface area contributed by atoms with Gasteiger partial charge in [-0.2, -0.15) is 0 Å². The summed E-state index contributed by atoms with van der Waals surface area (Å²) in [6.07, 6.45) is 1.21. The van der Waals surface area contributed by atoms with Gasteiger partial charge in [-0.1, -0.05) is 24.3 Å². The van der Waals surface area contributed by atoms with Crippen LogP contribution in [0.15, 0.2) is 52.9 Å². The van der Waals surface area contributed by atoms with E-state index in [2.05, 4.69) is 15.5 Å². The molecule has 1 unspecified atom stereocenters. The molecule has 1 N–H and O–H groups in total. The number of urea groups is 1. The first-order valence-electron chi connectivity index (χ1n) is 9.28. The van der Waals surface area contributed by atoms with E-state index in [0.29, 0.717) is 18.4 Å². The van der Waals surface area contributed by atoms with Crippen molar-refractivity contribution >= 4 is 17.6 Å². The minimum atomic E-state index is -1.05. The molecule has 1 saturated heterocycles. The Bertz CT molecular complexity index is 1190. The van der Waals surface area contributed by atoms with Crippen molar-refractivity contribution in [3.8, 4) is 11.5 Å². The molecule has 1 spiro atoms. The largest absolute Gasteiger partial charge is 0.419 e. The van der Waals surface area contributed by atoms with Gasteiger partial charge in [0.05, 0.1) is 4.92 Å². The van der Waals surface area contributed by atoms with E-state index in [1.165, 1.54) is 24.3 Å². The Morgan fingerprint density at radius 2 is 1.90 bits per heavy atom. The Morgan fingerprint density at radius 3 is 2.67 bits per heavy atom. The zero-order valence-corrected chi connectivity index (χ0v) is 15.6. The molecular formula is C20H15N5O5. The van der Waals surface area contributed by atoms with Crippen molar-refractivity contribution in [2.24, 2.45) is 0 Å². The van der Waals surface area contributed by atoms with Crippen LogP contribution in [0.1, 0.15) is 23.4 Å². The number of nitrogens with zero attached hydrogens (tertiary/aromatic N) is 4. The molecule has 3 aromatic rings. The van der Waals surface area contributed by atoms with Crippen molar-refractivity contribution in [1.82, 2.24) is 20.4 Å². The summed E-state index contributed by atoms with van der Waals surface area (Å²) in [5.41, 5.74) is 1.27. The number of aromatic nitrogens is 2. The summed E-state index contributed by atoms with van der Waals surface area (Å²) in [6.45, 7) is -0.158. The fourth-order valence-corrected chi connectivity index (χ4v) is 4.03. The second-order valence-electron chi connectivity index (χ2n) is 7.19. The summed E-state index contributed by atoms with van der Waals surface area (Å²) in [4.78, 5) is 37.1. The molecule has 3 amide bonds. The van der Waals surface area contributed by atoms with Crippen molar-refractivity contribution in [1.29, 1.82) is 0 Å². The molecule has 1 aliphatic carbocycles. The van der Waals surface area contributed by atoms with E-state index in [4.69, 9.17) is 4.42 Å². The zero-order chi connectivity index (χ0) is 20.9. The van der Waals surface area contributed by atoms with E-state index in [1.54, 1.807) is 0 Å². The van der Waals surface area contributed by atoms with Gasteiger partial charge in [0.25, 0.3) is 11.6 Å². The minimum absolute atomic E-state index is 0.0556. The number of carbonyl (C=O) groups excluding carboxylic acids is 2. The van der Waals surface area contributed by atoms with E-state index in [1.807, 2.05) is 24.3 Å². The number of nitro groups is 1. The summed E-state index contributed by atoms with van der Waals surface area (Å²) >= 11 is 0. The molecule has 2 heterocycles. The van der Waals surface area contributed by atoms with Crippen LogP contribution >= 0.6 is 0 Å². The molecule has 10 heteroatoms. The Kier molecular flexibility index (Phi) is 3.88. The molecule has 30 heavy (non-hydrogen) atoms. The molecule has 1 fully saturated rings. The predicted octanol–water partition coefficient (Wildman–Crippen LogP) is 2.54. The number of non-ortho nitro benzene ring substituents is 1. The van der Waals surface area contributed by atoms with Gasteiger partial charge in [-0.25, -0.2) is 4.79 Å². The van der Waals surface area contributed by atoms with Crippen molar-refractivity contribution < 1.29 is 18.9 Å². The number of hydrogen-bond donors (Lipinski definition) is 1. The average Bonchev–Trinajstić information content (AvgIpc) is 3.43. The van der Waals surface area contributed by atoms with Gasteiger partial charge in [-0.05, 0) is 36.1 Å². The third kappa shape index (κ3) is 2.65. The summed E-state index contributed by atoms with van der Waals surface area (Å²) < 4.78 is 5.58. The van der Waals surface area contributed by atoms with Crippen LogP contribution in [0.2, 0.25) is 0 Å². The normalized spacial score (nSPS) is 19.9. The molecule has 0 bridgehead atoms. The number of nitro benzene ring substituents is 1. The van der Waals surface area contributed by atoms with Gasteiger partial charge in [-0.3, -0.25) is 19.8 Å². The van der Waals surface area contributed by atoms with Crippen LogP contribution in [-0.2, 0) is 23.3 Å². The molecule has 10 nitrogen and oxygen atoms in total. The number of benzene rings is 2. The Labute approximate surface area is 169 Å². The van der Waals surface area contributed by atoms with E-state index in [-0.39, 0.29) is 29.9 Å². The molecule has 1 aromatic heterocycles. The molecule has 0 saturated carbocycles. The molecular weight excluding hydrogens is 390 g/mol. The van der Waals surface area contributed by atoms with Gasteiger partial charge in [0.15, 0.2) is 0 Å². The molecule has 0 radical (unpaired) electrons. The lowest BCUT2D eigenvalue weighted by atomic mass is 9.92. The summed E-state index contributed by atoms with van der Waals surface area (Å²) in [5.74, 6) is -0.101. The highest BCUT2D eigenvalue weighted by molar-refractivity contribution is 6.08. The van der Waals surface area contributed by atoms with Crippen LogP contribution in [0.4, 0.5) is 10.5 Å². The smallest absolute Gasteiger partial charge is 0.325 e. The lowest BCUT2D eigenvalue weighted by molar-refractivity contribution is -0.384. The first kappa shape index (κ1) is 18.0. The number of imide groups is 1. The van der Waals surface area contributed by atoms with Crippen LogP contribution < -0.4 is 5.32 Å². The number of carbonyl (C=O) groups is 2. The number of aryl methyl sites for hydroxylation is 1. The van der Waals surface area contributed by atoms with Gasteiger partial charge in [0, 0.05) is 17.7 Å². The number of fused-ring (bicyclic) bond motifs is 2. The lowest BCUT2D eigenvalue weighted by Crippen LogP contribution is -2.41. The SMILES string of the molecule is O=C1NC2(CCc3ccccc32)C(=O)N1Cc1nnc(-c2ccc([N+](=O)[O-])cc2)o1. The maximum atomic E-state index is 13.2. The Balaban J connectivity index is 1.38. The zero-order valence-electron chi connectivity index (χ0n) is 15.6. The molecule has 2 aromatic carbocycles. The summed E-state index contributed by atoms with van der Waals surface area (Å²) in [5, 5.41) is 21.5. The molecule has 1 aliphatic heterocycles. The molecule has 2 aliphatic rings. The second kappa shape index (κ2) is 6.48. The minimum Gasteiger partial charge on any atom is -0.419 e. The highest BCUT2D eigenvalue weighted by atomic mass is 16.6. The molecule has 5 rings (SSSR count). The monoisotopic (exact) mass is 405 g/mol. The van der Waals surface area contributed by atoms with Crippen molar-refractivity contribution in [2.45, 2.75) is 24.9 Å². The van der Waals surface area contributed by atoms with E-state index in [9.17, 15) is 19.7 Å². The number of amides is 3. The van der Waals surface area contributed by atoms with Gasteiger partial charge in [0.2, 0.25) is 11.8 Å². The standard InChI is InChI=1S/C20H15N5O5/c26-18-20(10-9-12-3-1-2-4-15(12)20)21-19(27)24(18)11-16-22-23-17(30-16)13-5-7-14(8-6-13)25(28)29/h1-8H,9-11H2,(H,21,27). The highest BCUT2D eigenvalue weighted by Crippen LogP contribution is 2.41. The fourth-order valence-electron chi connectivity index (χ4n) is 4.03. The first-order valence-corrected chi connectivity index (χ1v) is 9.28. The third-order valence-electron chi connectivity index (χ3n) is 5.51. The number of rotatable bonds is 4. The van der Waals surface area contributed by atoms with E-state index >= 15 is 0 Å².